The van der Waals surface area contributed by atoms with Gasteiger partial charge in [0.2, 0.25) is 11.2 Å². The van der Waals surface area contributed by atoms with Gasteiger partial charge in [0, 0.05) is 12.7 Å². The van der Waals surface area contributed by atoms with E-state index in [4.69, 9.17) is 26.9 Å². The van der Waals surface area contributed by atoms with Crippen LogP contribution in [0.5, 0.6) is 5.75 Å². The molecule has 0 bridgehead atoms. The molecule has 0 saturated heterocycles. The molecular formula is C16H17ClN2O2. The largest absolute Gasteiger partial charge is 0.439 e. The molecule has 0 aliphatic rings. The number of aliphatic imine (C=N–C) groups is 1. The highest BCUT2D eigenvalue weighted by Crippen LogP contribution is 2.10. The van der Waals surface area contributed by atoms with E-state index >= 15 is 0 Å². The second-order valence-corrected chi connectivity index (χ2v) is 4.34. The maximum absolute atomic E-state index is 8.68. The topological polar surface area (TPSA) is 65.7 Å². The number of nitrogens with zero attached hydrogens (tertiary/aromatic N) is 1. The van der Waals surface area contributed by atoms with Crippen molar-refractivity contribution < 1.29 is 9.84 Å². The Bertz CT molecular complexity index is 563. The van der Waals surface area contributed by atoms with Gasteiger partial charge in [0.15, 0.2) is 0 Å². The number of allylic oxidation sites excluding steroid dienone is 3. The number of aliphatic hydroxyl groups excluding tert-OH is 1. The number of ether oxygens (including phenoxy) is 1. The van der Waals surface area contributed by atoms with E-state index < -0.39 is 0 Å². The number of benzene rings is 1. The SMILES string of the molecule is C=C(/C=C/CCO)/C=C/C(=NC(=N)Cl)Oc1ccccc1. The number of para-hydroxylation sites is 1. The Balaban J connectivity index is 2.75. The van der Waals surface area contributed by atoms with Gasteiger partial charge < -0.3 is 9.84 Å². The molecule has 0 atom stereocenters. The zero-order valence-corrected chi connectivity index (χ0v) is 12.3. The highest BCUT2D eigenvalue weighted by molar-refractivity contribution is 6.64. The summed E-state index contributed by atoms with van der Waals surface area (Å²) in [5.41, 5.74) is 0.717. The Kier molecular flexibility index (Phi) is 7.79. The zero-order valence-electron chi connectivity index (χ0n) is 11.5. The van der Waals surface area contributed by atoms with Crippen molar-refractivity contribution in [1.82, 2.24) is 0 Å². The lowest BCUT2D eigenvalue weighted by atomic mass is 10.2. The summed E-state index contributed by atoms with van der Waals surface area (Å²) in [5.74, 6) is 0.790. The molecule has 1 aromatic carbocycles. The lowest BCUT2D eigenvalue weighted by Gasteiger charge is -2.04. The Hall–Kier alpha value is -2.17. The number of hydrogen-bond donors (Lipinski definition) is 2. The molecular weight excluding hydrogens is 288 g/mol. The number of nitrogens with one attached hydrogen (secondary N) is 1. The van der Waals surface area contributed by atoms with Crippen LogP contribution in [0.4, 0.5) is 0 Å². The molecule has 0 aromatic heterocycles. The Labute approximate surface area is 129 Å². The van der Waals surface area contributed by atoms with E-state index in [1.807, 2.05) is 24.3 Å². The molecule has 5 heteroatoms. The number of aliphatic hydroxyl groups is 1. The monoisotopic (exact) mass is 304 g/mol. The van der Waals surface area contributed by atoms with Gasteiger partial charge in [-0.2, -0.15) is 4.99 Å². The van der Waals surface area contributed by atoms with E-state index in [-0.39, 0.29) is 17.8 Å². The molecule has 21 heavy (non-hydrogen) atoms. The molecule has 2 N–H and O–H groups in total. The summed E-state index contributed by atoms with van der Waals surface area (Å²) in [5, 5.41) is 15.5. The fraction of sp³-hybridized carbons (Fsp3) is 0.125. The van der Waals surface area contributed by atoms with Crippen molar-refractivity contribution >= 4 is 22.8 Å². The van der Waals surface area contributed by atoms with E-state index in [0.29, 0.717) is 17.7 Å². The molecule has 0 amide bonds. The van der Waals surface area contributed by atoms with Crippen molar-refractivity contribution in [3.8, 4) is 5.75 Å². The summed E-state index contributed by atoms with van der Waals surface area (Å²) >= 11 is 5.47. The first-order chi connectivity index (χ1) is 10.1. The molecule has 1 rings (SSSR count). The van der Waals surface area contributed by atoms with Crippen LogP contribution in [0.2, 0.25) is 0 Å². The van der Waals surface area contributed by atoms with Gasteiger partial charge in [0.1, 0.15) is 5.75 Å². The van der Waals surface area contributed by atoms with Gasteiger partial charge in [-0.15, -0.1) is 0 Å². The summed E-state index contributed by atoms with van der Waals surface area (Å²) in [6, 6.07) is 9.09. The summed E-state index contributed by atoms with van der Waals surface area (Å²) in [7, 11) is 0. The van der Waals surface area contributed by atoms with Crippen molar-refractivity contribution in [2.75, 3.05) is 6.61 Å². The van der Waals surface area contributed by atoms with Gasteiger partial charge >= 0.3 is 0 Å². The summed E-state index contributed by atoms with van der Waals surface area (Å²) < 4.78 is 5.53. The smallest absolute Gasteiger partial charge is 0.221 e. The third-order valence-corrected chi connectivity index (χ3v) is 2.33. The van der Waals surface area contributed by atoms with Crippen LogP contribution < -0.4 is 4.74 Å². The van der Waals surface area contributed by atoms with Crippen molar-refractivity contribution in [3.63, 3.8) is 0 Å². The van der Waals surface area contributed by atoms with Crippen LogP contribution in [0.15, 0.2) is 71.8 Å². The molecule has 0 heterocycles. The van der Waals surface area contributed by atoms with Gasteiger partial charge in [0.05, 0.1) is 0 Å². The number of halogens is 1. The highest BCUT2D eigenvalue weighted by atomic mass is 35.5. The summed E-state index contributed by atoms with van der Waals surface area (Å²) in [4.78, 5) is 3.79. The Morgan fingerprint density at radius 3 is 2.62 bits per heavy atom. The normalized spacial score (nSPS) is 12.0. The van der Waals surface area contributed by atoms with Crippen molar-refractivity contribution in [2.45, 2.75) is 6.42 Å². The van der Waals surface area contributed by atoms with Gasteiger partial charge in [-0.1, -0.05) is 43.0 Å². The average molecular weight is 305 g/mol. The van der Waals surface area contributed by atoms with Crippen LogP contribution >= 0.6 is 11.6 Å². The lowest BCUT2D eigenvalue weighted by molar-refractivity contribution is 0.302. The van der Waals surface area contributed by atoms with Crippen LogP contribution in [-0.2, 0) is 0 Å². The third-order valence-electron chi connectivity index (χ3n) is 2.24. The molecule has 0 unspecified atom stereocenters. The molecule has 0 radical (unpaired) electrons. The van der Waals surface area contributed by atoms with E-state index in [1.165, 1.54) is 0 Å². The maximum Gasteiger partial charge on any atom is 0.221 e. The molecule has 110 valence electrons. The van der Waals surface area contributed by atoms with Crippen LogP contribution in [0, 0.1) is 5.41 Å². The Morgan fingerprint density at radius 2 is 2.00 bits per heavy atom. The quantitative estimate of drug-likeness (QED) is 0.364. The minimum Gasteiger partial charge on any atom is -0.439 e. The summed E-state index contributed by atoms with van der Waals surface area (Å²) in [6.07, 6.45) is 7.43. The van der Waals surface area contributed by atoms with Gasteiger partial charge in [-0.3, -0.25) is 5.41 Å². The maximum atomic E-state index is 8.68. The van der Waals surface area contributed by atoms with Crippen LogP contribution in [0.25, 0.3) is 0 Å². The van der Waals surface area contributed by atoms with Crippen molar-refractivity contribution in [1.29, 1.82) is 5.41 Å². The first-order valence-electron chi connectivity index (χ1n) is 6.32. The molecule has 4 nitrogen and oxygen atoms in total. The standard InChI is InChI=1S/C16H17ClN2O2/c1-13(7-5-6-12-20)10-11-15(19-16(17)18)21-14-8-3-2-4-9-14/h2-5,7-11,18,20H,1,6,12H2/b7-5+,11-10+,18-16?,19-15?. The molecule has 1 aromatic rings. The predicted molar refractivity (Wildman–Crippen MR) is 87.2 cm³/mol. The molecule has 0 fully saturated rings. The first kappa shape index (κ1) is 16.9. The van der Waals surface area contributed by atoms with Crippen LogP contribution in [-0.4, -0.2) is 22.9 Å². The van der Waals surface area contributed by atoms with Crippen molar-refractivity contribution in [3.05, 3.63) is 66.8 Å². The third kappa shape index (κ3) is 7.87. The molecule has 0 aliphatic carbocycles. The molecule has 0 saturated carbocycles. The highest BCUT2D eigenvalue weighted by Gasteiger charge is 2.00. The first-order valence-corrected chi connectivity index (χ1v) is 6.69. The van der Waals surface area contributed by atoms with E-state index in [2.05, 4.69) is 11.6 Å². The average Bonchev–Trinajstić information content (AvgIpc) is 2.45. The minimum absolute atomic E-state index is 0.0979. The fourth-order valence-electron chi connectivity index (χ4n) is 1.34. The Morgan fingerprint density at radius 1 is 1.29 bits per heavy atom. The fourth-order valence-corrected chi connectivity index (χ4v) is 1.43. The predicted octanol–water partition coefficient (Wildman–Crippen LogP) is 3.69. The zero-order chi connectivity index (χ0) is 15.5. The van der Waals surface area contributed by atoms with Crippen LogP contribution in [0.3, 0.4) is 0 Å². The lowest BCUT2D eigenvalue weighted by Crippen LogP contribution is -2.06. The van der Waals surface area contributed by atoms with Gasteiger partial charge in [-0.25, -0.2) is 0 Å². The summed E-state index contributed by atoms with van der Waals surface area (Å²) in [6.45, 7) is 3.93. The number of amidine groups is 1. The van der Waals surface area contributed by atoms with Gasteiger partial charge in [0.25, 0.3) is 0 Å². The molecule has 0 spiro atoms. The molecule has 0 aliphatic heterocycles. The van der Waals surface area contributed by atoms with E-state index in [9.17, 15) is 0 Å². The van der Waals surface area contributed by atoms with E-state index in [0.717, 1.165) is 0 Å². The van der Waals surface area contributed by atoms with E-state index in [1.54, 1.807) is 30.4 Å². The number of hydrogen-bond acceptors (Lipinski definition) is 3. The van der Waals surface area contributed by atoms with Gasteiger partial charge in [-0.05, 0) is 35.7 Å². The van der Waals surface area contributed by atoms with Crippen molar-refractivity contribution in [2.24, 2.45) is 4.99 Å². The second kappa shape index (κ2) is 9.69. The minimum atomic E-state index is -0.369. The van der Waals surface area contributed by atoms with Crippen LogP contribution in [0.1, 0.15) is 6.42 Å². The number of rotatable bonds is 6. The second-order valence-electron chi connectivity index (χ2n) is 3.98.